The van der Waals surface area contributed by atoms with Crippen LogP contribution in [0.1, 0.15) is 11.1 Å². The maximum atomic E-state index is 11.9. The molecule has 2 aromatic rings. The van der Waals surface area contributed by atoms with E-state index in [0.717, 1.165) is 15.7 Å². The van der Waals surface area contributed by atoms with Crippen molar-refractivity contribution in [3.63, 3.8) is 0 Å². The average molecular weight is 273 g/mol. The summed E-state index contributed by atoms with van der Waals surface area (Å²) >= 11 is 0. The number of H-pyrrole nitrogens is 1. The summed E-state index contributed by atoms with van der Waals surface area (Å²) in [5.41, 5.74) is 1.68. The van der Waals surface area contributed by atoms with Gasteiger partial charge in [0.05, 0.1) is 0 Å². The number of carbonyl (C=O) groups excluding carboxylic acids is 1. The van der Waals surface area contributed by atoms with E-state index in [1.807, 2.05) is 32.0 Å². The second-order valence-electron chi connectivity index (χ2n) is 4.60. The Labute approximate surface area is 115 Å². The number of anilines is 1. The molecular weight excluding hydrogens is 258 g/mol. The Morgan fingerprint density at radius 1 is 1.25 bits per heavy atom. The van der Waals surface area contributed by atoms with Gasteiger partial charge in [0.25, 0.3) is 5.56 Å². The van der Waals surface area contributed by atoms with Gasteiger partial charge in [0.2, 0.25) is 5.91 Å². The van der Waals surface area contributed by atoms with Crippen LogP contribution in [0.4, 0.5) is 5.69 Å². The lowest BCUT2D eigenvalue weighted by Gasteiger charge is -2.09. The third-order valence-electron chi connectivity index (χ3n) is 2.87. The van der Waals surface area contributed by atoms with E-state index in [1.54, 1.807) is 0 Å². The molecule has 6 nitrogen and oxygen atoms in total. The number of carbonyl (C=O) groups is 1. The largest absolute Gasteiger partial charge is 0.328 e. The molecule has 1 aromatic carbocycles. The van der Waals surface area contributed by atoms with Gasteiger partial charge in [0, 0.05) is 18.0 Å². The van der Waals surface area contributed by atoms with Crippen molar-refractivity contribution in [2.24, 2.45) is 0 Å². The van der Waals surface area contributed by atoms with Crippen LogP contribution in [0.5, 0.6) is 0 Å². The number of rotatable bonds is 3. The summed E-state index contributed by atoms with van der Waals surface area (Å²) in [6, 6.07) is 6.88. The van der Waals surface area contributed by atoms with Crippen LogP contribution in [0, 0.1) is 13.8 Å². The van der Waals surface area contributed by atoms with Gasteiger partial charge in [-0.3, -0.25) is 19.1 Å². The zero-order valence-corrected chi connectivity index (χ0v) is 11.3. The van der Waals surface area contributed by atoms with Crippen LogP contribution in [0.25, 0.3) is 0 Å². The van der Waals surface area contributed by atoms with Crippen LogP contribution in [0.15, 0.2) is 40.1 Å². The molecule has 0 aliphatic heterocycles. The highest BCUT2D eigenvalue weighted by atomic mass is 16.2. The van der Waals surface area contributed by atoms with E-state index in [4.69, 9.17) is 0 Å². The molecular formula is C14H15N3O3. The van der Waals surface area contributed by atoms with Gasteiger partial charge in [0.1, 0.15) is 6.54 Å². The number of benzene rings is 1. The molecule has 0 saturated carbocycles. The van der Waals surface area contributed by atoms with E-state index in [0.29, 0.717) is 5.69 Å². The van der Waals surface area contributed by atoms with Crippen LogP contribution >= 0.6 is 0 Å². The van der Waals surface area contributed by atoms with Crippen LogP contribution in [0.2, 0.25) is 0 Å². The summed E-state index contributed by atoms with van der Waals surface area (Å²) in [6.45, 7) is 3.72. The lowest BCUT2D eigenvalue weighted by atomic mass is 10.1. The highest BCUT2D eigenvalue weighted by Gasteiger charge is 2.07. The molecule has 1 heterocycles. The summed E-state index contributed by atoms with van der Waals surface area (Å²) < 4.78 is 1.14. The Morgan fingerprint density at radius 3 is 2.65 bits per heavy atom. The van der Waals surface area contributed by atoms with Gasteiger partial charge >= 0.3 is 5.69 Å². The maximum Gasteiger partial charge on any atom is 0.328 e. The predicted octanol–water partition coefficient (Wildman–Crippen LogP) is 0.792. The smallest absolute Gasteiger partial charge is 0.324 e. The number of amides is 1. The van der Waals surface area contributed by atoms with Gasteiger partial charge in [-0.2, -0.15) is 0 Å². The topological polar surface area (TPSA) is 84.0 Å². The lowest BCUT2D eigenvalue weighted by Crippen LogP contribution is -2.32. The van der Waals surface area contributed by atoms with E-state index >= 15 is 0 Å². The molecule has 0 spiro atoms. The molecule has 0 fully saturated rings. The zero-order chi connectivity index (χ0) is 14.7. The fraction of sp³-hybridized carbons (Fsp3) is 0.214. The highest BCUT2D eigenvalue weighted by molar-refractivity contribution is 5.91. The van der Waals surface area contributed by atoms with E-state index < -0.39 is 11.2 Å². The van der Waals surface area contributed by atoms with Crippen LogP contribution in [-0.2, 0) is 11.3 Å². The Morgan fingerprint density at radius 2 is 2.00 bits per heavy atom. The molecule has 2 N–H and O–H groups in total. The van der Waals surface area contributed by atoms with Crippen molar-refractivity contribution in [2.45, 2.75) is 20.4 Å². The monoisotopic (exact) mass is 273 g/mol. The van der Waals surface area contributed by atoms with Crippen LogP contribution < -0.4 is 16.6 Å². The third kappa shape index (κ3) is 3.23. The average Bonchev–Trinajstić information content (AvgIpc) is 2.36. The quantitative estimate of drug-likeness (QED) is 0.867. The molecule has 20 heavy (non-hydrogen) atoms. The first kappa shape index (κ1) is 13.8. The number of hydrogen-bond acceptors (Lipinski definition) is 3. The second kappa shape index (κ2) is 5.56. The normalized spacial score (nSPS) is 10.3. The Hall–Kier alpha value is -2.63. The van der Waals surface area contributed by atoms with E-state index in [2.05, 4.69) is 10.3 Å². The second-order valence-corrected chi connectivity index (χ2v) is 4.60. The van der Waals surface area contributed by atoms with E-state index in [1.165, 1.54) is 12.3 Å². The summed E-state index contributed by atoms with van der Waals surface area (Å²) in [6.07, 6.45) is 1.29. The number of hydrogen-bond donors (Lipinski definition) is 2. The summed E-state index contributed by atoms with van der Waals surface area (Å²) in [5, 5.41) is 2.74. The Kier molecular flexibility index (Phi) is 3.84. The Bertz CT molecular complexity index is 759. The molecule has 6 heteroatoms. The summed E-state index contributed by atoms with van der Waals surface area (Å²) in [7, 11) is 0. The van der Waals surface area contributed by atoms with Gasteiger partial charge in [0.15, 0.2) is 0 Å². The van der Waals surface area contributed by atoms with Crippen LogP contribution in [-0.4, -0.2) is 15.5 Å². The molecule has 2 rings (SSSR count). The number of aryl methyl sites for hydroxylation is 2. The molecule has 0 aliphatic carbocycles. The maximum absolute atomic E-state index is 11.9. The fourth-order valence-corrected chi connectivity index (χ4v) is 1.87. The molecule has 104 valence electrons. The summed E-state index contributed by atoms with van der Waals surface area (Å²) in [4.78, 5) is 36.4. The minimum atomic E-state index is -0.603. The van der Waals surface area contributed by atoms with Crippen molar-refractivity contribution in [3.8, 4) is 0 Å². The summed E-state index contributed by atoms with van der Waals surface area (Å²) in [5.74, 6) is -0.328. The van der Waals surface area contributed by atoms with Crippen LogP contribution in [0.3, 0.4) is 0 Å². The highest BCUT2D eigenvalue weighted by Crippen LogP contribution is 2.15. The van der Waals surface area contributed by atoms with Gasteiger partial charge in [-0.25, -0.2) is 4.79 Å². The van der Waals surface area contributed by atoms with Gasteiger partial charge < -0.3 is 5.32 Å². The number of nitrogens with zero attached hydrogens (tertiary/aromatic N) is 1. The number of aromatic amines is 1. The fourth-order valence-electron chi connectivity index (χ4n) is 1.87. The van der Waals surface area contributed by atoms with Crippen molar-refractivity contribution in [1.29, 1.82) is 0 Å². The molecule has 0 bridgehead atoms. The number of aromatic nitrogens is 2. The van der Waals surface area contributed by atoms with Gasteiger partial charge in [-0.1, -0.05) is 17.7 Å². The molecule has 0 aliphatic rings. The van der Waals surface area contributed by atoms with Crippen molar-refractivity contribution >= 4 is 11.6 Å². The first-order valence-electron chi connectivity index (χ1n) is 6.12. The van der Waals surface area contributed by atoms with Crippen molar-refractivity contribution in [2.75, 3.05) is 5.32 Å². The molecule has 0 radical (unpaired) electrons. The first-order valence-corrected chi connectivity index (χ1v) is 6.12. The number of nitrogens with one attached hydrogen (secondary N) is 2. The van der Waals surface area contributed by atoms with Crippen molar-refractivity contribution in [1.82, 2.24) is 9.55 Å². The molecule has 0 unspecified atom stereocenters. The lowest BCUT2D eigenvalue weighted by molar-refractivity contribution is -0.116. The van der Waals surface area contributed by atoms with E-state index in [-0.39, 0.29) is 12.5 Å². The van der Waals surface area contributed by atoms with E-state index in [9.17, 15) is 14.4 Å². The molecule has 1 aromatic heterocycles. The van der Waals surface area contributed by atoms with Gasteiger partial charge in [-0.05, 0) is 25.5 Å². The SMILES string of the molecule is Cc1ccc(NC(=O)Cn2ccc(=O)[nH]c2=O)c(C)c1. The predicted molar refractivity (Wildman–Crippen MR) is 75.9 cm³/mol. The Balaban J connectivity index is 2.13. The molecule has 0 saturated heterocycles. The first-order chi connectivity index (χ1) is 9.45. The standard InChI is InChI=1S/C14H15N3O3/c1-9-3-4-11(10(2)7-9)15-13(19)8-17-6-5-12(18)16-14(17)20/h3-7H,8H2,1-2H3,(H,15,19)(H,16,18,20). The van der Waals surface area contributed by atoms with Gasteiger partial charge in [-0.15, -0.1) is 0 Å². The van der Waals surface area contributed by atoms with Crippen molar-refractivity contribution in [3.05, 3.63) is 62.4 Å². The van der Waals surface area contributed by atoms with Crippen molar-refractivity contribution < 1.29 is 4.79 Å². The zero-order valence-electron chi connectivity index (χ0n) is 11.3. The molecule has 0 atom stereocenters. The minimum absolute atomic E-state index is 0.150. The molecule has 1 amide bonds. The minimum Gasteiger partial charge on any atom is -0.324 e. The third-order valence-corrected chi connectivity index (χ3v) is 2.87.